The number of tetrazole rings is 1. The third-order valence-electron chi connectivity index (χ3n) is 5.28. The van der Waals surface area contributed by atoms with E-state index in [2.05, 4.69) is 47.7 Å². The molecule has 2 heterocycles. The fourth-order valence-corrected chi connectivity index (χ4v) is 4.30. The van der Waals surface area contributed by atoms with Gasteiger partial charge < -0.3 is 9.88 Å². The second-order valence-electron chi connectivity index (χ2n) is 7.78. The predicted molar refractivity (Wildman–Crippen MR) is 121 cm³/mol. The lowest BCUT2D eigenvalue weighted by atomic mass is 10.2. The molecule has 0 saturated heterocycles. The molecule has 0 spiro atoms. The Hall–Kier alpha value is -3.53. The summed E-state index contributed by atoms with van der Waals surface area (Å²) in [4.78, 5) is 12.6. The normalized spacial score (nSPS) is 13.3. The van der Waals surface area contributed by atoms with Gasteiger partial charge in [0.05, 0.1) is 18.0 Å². The molecule has 1 saturated carbocycles. The van der Waals surface area contributed by atoms with E-state index in [1.165, 1.54) is 17.3 Å². The second kappa shape index (κ2) is 8.91. The van der Waals surface area contributed by atoms with E-state index in [1.54, 1.807) is 11.0 Å². The molecule has 1 amide bonds. The van der Waals surface area contributed by atoms with Gasteiger partial charge in [0.25, 0.3) is 0 Å². The summed E-state index contributed by atoms with van der Waals surface area (Å²) < 4.78 is 3.74. The molecular weight excluding hydrogens is 424 g/mol. The average Bonchev–Trinajstić information content (AvgIpc) is 3.34. The van der Waals surface area contributed by atoms with Crippen molar-refractivity contribution in [3.63, 3.8) is 0 Å². The monoisotopic (exact) mass is 446 g/mol. The summed E-state index contributed by atoms with van der Waals surface area (Å²) in [7, 11) is 0. The van der Waals surface area contributed by atoms with E-state index in [-0.39, 0.29) is 11.7 Å². The van der Waals surface area contributed by atoms with Crippen LogP contribution in [-0.2, 0) is 11.3 Å². The van der Waals surface area contributed by atoms with E-state index >= 15 is 0 Å². The smallest absolute Gasteiger partial charge is 0.234 e. The summed E-state index contributed by atoms with van der Waals surface area (Å²) in [5, 5.41) is 23.8. The summed E-state index contributed by atoms with van der Waals surface area (Å²) in [6.07, 6.45) is 3.84. The molecule has 162 valence electrons. The molecule has 1 aliphatic carbocycles. The van der Waals surface area contributed by atoms with Crippen LogP contribution in [0.3, 0.4) is 0 Å². The summed E-state index contributed by atoms with van der Waals surface area (Å²) in [6, 6.07) is 15.9. The second-order valence-corrected chi connectivity index (χ2v) is 8.72. The molecular formula is C22H22N8OS. The summed E-state index contributed by atoms with van der Waals surface area (Å²) in [5.74, 6) is 1.67. The van der Waals surface area contributed by atoms with Crippen LogP contribution in [0, 0.1) is 6.92 Å². The van der Waals surface area contributed by atoms with Gasteiger partial charge in [-0.3, -0.25) is 4.79 Å². The van der Waals surface area contributed by atoms with Crippen LogP contribution < -0.4 is 5.32 Å². The Morgan fingerprint density at radius 3 is 2.72 bits per heavy atom. The van der Waals surface area contributed by atoms with Crippen LogP contribution in [0.4, 0.5) is 5.69 Å². The average molecular weight is 447 g/mol. The van der Waals surface area contributed by atoms with Gasteiger partial charge in [-0.1, -0.05) is 42.1 Å². The van der Waals surface area contributed by atoms with Gasteiger partial charge in [0.15, 0.2) is 5.16 Å². The predicted octanol–water partition coefficient (Wildman–Crippen LogP) is 3.22. The van der Waals surface area contributed by atoms with Gasteiger partial charge >= 0.3 is 0 Å². The maximum atomic E-state index is 12.6. The highest BCUT2D eigenvalue weighted by Gasteiger charge is 2.30. The standard InChI is InChI=1S/C22H22N8OS/c1-15-11-18(9-10-19(15)30-14-23-27-28-30)24-20(31)13-32-22-26-25-21(17-7-8-17)29(22)12-16-5-3-2-4-6-16/h2-6,9-11,14,17H,7-8,12-13H2,1H3,(H,24,31). The molecule has 10 heteroatoms. The zero-order chi connectivity index (χ0) is 21.9. The van der Waals surface area contributed by atoms with Crippen LogP contribution in [0.25, 0.3) is 5.69 Å². The number of aryl methyl sites for hydroxylation is 1. The number of nitrogens with one attached hydrogen (secondary N) is 1. The van der Waals surface area contributed by atoms with Crippen molar-refractivity contribution >= 4 is 23.4 Å². The van der Waals surface area contributed by atoms with Crippen LogP contribution in [0.1, 0.15) is 35.7 Å². The Bertz CT molecular complexity index is 1220. The van der Waals surface area contributed by atoms with E-state index in [0.717, 1.165) is 40.8 Å². The number of rotatable bonds is 8. The molecule has 0 aliphatic heterocycles. The van der Waals surface area contributed by atoms with Crippen molar-refractivity contribution in [1.82, 2.24) is 35.0 Å². The maximum absolute atomic E-state index is 12.6. The fourth-order valence-electron chi connectivity index (χ4n) is 3.55. The maximum Gasteiger partial charge on any atom is 0.234 e. The summed E-state index contributed by atoms with van der Waals surface area (Å²) in [6.45, 7) is 2.66. The van der Waals surface area contributed by atoms with Crippen molar-refractivity contribution in [3.8, 4) is 5.69 Å². The van der Waals surface area contributed by atoms with E-state index in [0.29, 0.717) is 12.5 Å². The lowest BCUT2D eigenvalue weighted by Crippen LogP contribution is -2.15. The number of aromatic nitrogens is 7. The molecule has 2 aromatic heterocycles. The van der Waals surface area contributed by atoms with E-state index in [4.69, 9.17) is 0 Å². The molecule has 1 fully saturated rings. The van der Waals surface area contributed by atoms with Crippen LogP contribution >= 0.6 is 11.8 Å². The summed E-state index contributed by atoms with van der Waals surface area (Å²) >= 11 is 1.41. The van der Waals surface area contributed by atoms with Crippen molar-refractivity contribution < 1.29 is 4.79 Å². The van der Waals surface area contributed by atoms with Gasteiger partial charge in [-0.25, -0.2) is 4.68 Å². The third kappa shape index (κ3) is 4.54. The summed E-state index contributed by atoms with van der Waals surface area (Å²) in [5.41, 5.74) is 3.75. The molecule has 0 atom stereocenters. The van der Waals surface area contributed by atoms with Gasteiger partial charge in [0.2, 0.25) is 5.91 Å². The lowest BCUT2D eigenvalue weighted by molar-refractivity contribution is -0.113. The van der Waals surface area contributed by atoms with Crippen molar-refractivity contribution in [1.29, 1.82) is 0 Å². The number of thioether (sulfide) groups is 1. The first kappa shape index (κ1) is 20.4. The molecule has 1 aliphatic rings. The van der Waals surface area contributed by atoms with Gasteiger partial charge in [-0.15, -0.1) is 15.3 Å². The number of hydrogen-bond acceptors (Lipinski definition) is 7. The minimum absolute atomic E-state index is 0.0909. The molecule has 9 nitrogen and oxygen atoms in total. The van der Waals surface area contributed by atoms with Gasteiger partial charge in [-0.2, -0.15) is 0 Å². The highest BCUT2D eigenvalue weighted by Crippen LogP contribution is 2.40. The molecule has 32 heavy (non-hydrogen) atoms. The molecule has 0 radical (unpaired) electrons. The minimum Gasteiger partial charge on any atom is -0.325 e. The number of benzene rings is 2. The van der Waals surface area contributed by atoms with E-state index in [1.807, 2.05) is 43.3 Å². The Labute approximate surface area is 189 Å². The number of carbonyl (C=O) groups excluding carboxylic acids is 1. The zero-order valence-corrected chi connectivity index (χ0v) is 18.4. The Kier molecular flexibility index (Phi) is 5.68. The van der Waals surface area contributed by atoms with Crippen molar-refractivity contribution in [2.45, 2.75) is 37.4 Å². The molecule has 5 rings (SSSR count). The lowest BCUT2D eigenvalue weighted by Gasteiger charge is -2.11. The molecule has 2 aromatic carbocycles. The number of hydrogen-bond donors (Lipinski definition) is 1. The molecule has 4 aromatic rings. The number of amides is 1. The third-order valence-corrected chi connectivity index (χ3v) is 6.25. The first-order valence-electron chi connectivity index (χ1n) is 10.4. The minimum atomic E-state index is -0.0909. The first-order chi connectivity index (χ1) is 15.7. The quantitative estimate of drug-likeness (QED) is 0.415. The largest absolute Gasteiger partial charge is 0.325 e. The highest BCUT2D eigenvalue weighted by atomic mass is 32.2. The Balaban J connectivity index is 1.25. The van der Waals surface area contributed by atoms with Crippen molar-refractivity contribution in [3.05, 3.63) is 71.8 Å². The SMILES string of the molecule is Cc1cc(NC(=O)CSc2nnc(C3CC3)n2Cc2ccccc2)ccc1-n1cnnn1. The van der Waals surface area contributed by atoms with E-state index < -0.39 is 0 Å². The van der Waals surface area contributed by atoms with Crippen molar-refractivity contribution in [2.75, 3.05) is 11.1 Å². The van der Waals surface area contributed by atoms with Crippen LogP contribution in [0.15, 0.2) is 60.0 Å². The Morgan fingerprint density at radius 1 is 1.16 bits per heavy atom. The molecule has 0 bridgehead atoms. The number of carbonyl (C=O) groups is 1. The fraction of sp³-hybridized carbons (Fsp3) is 0.273. The molecule has 1 N–H and O–H groups in total. The topological polar surface area (TPSA) is 103 Å². The Morgan fingerprint density at radius 2 is 2.00 bits per heavy atom. The number of nitrogens with zero attached hydrogens (tertiary/aromatic N) is 7. The highest BCUT2D eigenvalue weighted by molar-refractivity contribution is 7.99. The van der Waals surface area contributed by atoms with Crippen LogP contribution in [-0.4, -0.2) is 46.6 Å². The first-order valence-corrected chi connectivity index (χ1v) is 11.4. The number of anilines is 1. The van der Waals surface area contributed by atoms with Gasteiger partial charge in [-0.05, 0) is 59.5 Å². The van der Waals surface area contributed by atoms with E-state index in [9.17, 15) is 4.79 Å². The van der Waals surface area contributed by atoms with Crippen LogP contribution in [0.5, 0.6) is 0 Å². The zero-order valence-electron chi connectivity index (χ0n) is 17.5. The van der Waals surface area contributed by atoms with Gasteiger partial charge in [0, 0.05) is 11.6 Å². The van der Waals surface area contributed by atoms with Crippen molar-refractivity contribution in [2.24, 2.45) is 0 Å². The molecule has 0 unspecified atom stereocenters. The van der Waals surface area contributed by atoms with Gasteiger partial charge in [0.1, 0.15) is 12.2 Å². The van der Waals surface area contributed by atoms with Crippen LogP contribution in [0.2, 0.25) is 0 Å².